The smallest absolute Gasteiger partial charge is 0.161 e. The van der Waals surface area contributed by atoms with Crippen LogP contribution in [0.5, 0.6) is 0 Å². The van der Waals surface area contributed by atoms with Crippen molar-refractivity contribution in [3.63, 3.8) is 0 Å². The summed E-state index contributed by atoms with van der Waals surface area (Å²) in [6.07, 6.45) is 2.19. The molecule has 11 heavy (non-hydrogen) atoms. The summed E-state index contributed by atoms with van der Waals surface area (Å²) in [5.74, 6) is 0.627. The lowest BCUT2D eigenvalue weighted by Gasteiger charge is -1.98. The van der Waals surface area contributed by atoms with Crippen LogP contribution in [0.1, 0.15) is 31.0 Å². The first-order valence-electron chi connectivity index (χ1n) is 4.06. The molecular weight excluding hydrogens is 136 g/mol. The van der Waals surface area contributed by atoms with E-state index in [0.29, 0.717) is 5.92 Å². The van der Waals surface area contributed by atoms with Gasteiger partial charge in [0.25, 0.3) is 0 Å². The molecule has 0 saturated heterocycles. The van der Waals surface area contributed by atoms with E-state index in [0.717, 1.165) is 0 Å². The Balaban J connectivity index is 3.19. The number of nitrogens with zero attached hydrogens (tertiary/aromatic N) is 2. The fourth-order valence-electron chi connectivity index (χ4n) is 1.37. The van der Waals surface area contributed by atoms with Crippen molar-refractivity contribution >= 4 is 0 Å². The SMILES string of the molecule is Cc1c(C(C)C)c[n+](C)n1C. The molecule has 0 amide bonds. The van der Waals surface area contributed by atoms with Crippen molar-refractivity contribution in [2.45, 2.75) is 26.7 Å². The number of hydrogen-bond acceptors (Lipinski definition) is 0. The fourth-order valence-corrected chi connectivity index (χ4v) is 1.37. The maximum Gasteiger partial charge on any atom is 0.199 e. The Hall–Kier alpha value is -0.790. The van der Waals surface area contributed by atoms with Crippen LogP contribution in [0.4, 0.5) is 0 Å². The van der Waals surface area contributed by atoms with Crippen LogP contribution in [-0.2, 0) is 14.1 Å². The van der Waals surface area contributed by atoms with Gasteiger partial charge in [0.15, 0.2) is 13.2 Å². The van der Waals surface area contributed by atoms with Gasteiger partial charge in [0.1, 0.15) is 0 Å². The normalized spacial score (nSPS) is 11.1. The van der Waals surface area contributed by atoms with Crippen molar-refractivity contribution in [2.75, 3.05) is 0 Å². The summed E-state index contributed by atoms with van der Waals surface area (Å²) in [7, 11) is 4.15. The monoisotopic (exact) mass is 153 g/mol. The molecule has 0 fully saturated rings. The van der Waals surface area contributed by atoms with Gasteiger partial charge in [-0.2, -0.15) is 4.68 Å². The van der Waals surface area contributed by atoms with Crippen LogP contribution in [0.25, 0.3) is 0 Å². The highest BCUT2D eigenvalue weighted by molar-refractivity contribution is 5.16. The molecule has 1 aromatic rings. The van der Waals surface area contributed by atoms with Crippen molar-refractivity contribution in [1.82, 2.24) is 4.68 Å². The number of rotatable bonds is 1. The second-order valence-electron chi connectivity index (χ2n) is 3.42. The van der Waals surface area contributed by atoms with Crippen molar-refractivity contribution in [1.29, 1.82) is 0 Å². The van der Waals surface area contributed by atoms with Crippen LogP contribution in [0.3, 0.4) is 0 Å². The topological polar surface area (TPSA) is 8.81 Å². The molecule has 1 rings (SSSR count). The molecule has 1 heterocycles. The zero-order valence-electron chi connectivity index (χ0n) is 8.05. The Kier molecular flexibility index (Phi) is 2.03. The number of aryl methyl sites for hydroxylation is 1. The zero-order valence-corrected chi connectivity index (χ0v) is 8.05. The second kappa shape index (κ2) is 2.68. The predicted molar refractivity (Wildman–Crippen MR) is 45.4 cm³/mol. The van der Waals surface area contributed by atoms with Crippen LogP contribution < -0.4 is 4.68 Å². The molecule has 0 spiro atoms. The molecule has 0 aliphatic heterocycles. The lowest BCUT2D eigenvalue weighted by atomic mass is 10.1. The van der Waals surface area contributed by atoms with E-state index in [1.807, 2.05) is 0 Å². The predicted octanol–water partition coefficient (Wildman–Crippen LogP) is 1.28. The minimum Gasteiger partial charge on any atom is -0.161 e. The third-order valence-corrected chi connectivity index (χ3v) is 2.32. The van der Waals surface area contributed by atoms with Crippen molar-refractivity contribution in [2.24, 2.45) is 14.1 Å². The molecule has 0 radical (unpaired) electrons. The van der Waals surface area contributed by atoms with Crippen molar-refractivity contribution in [3.05, 3.63) is 17.5 Å². The molecule has 62 valence electrons. The number of hydrogen-bond donors (Lipinski definition) is 0. The highest BCUT2D eigenvalue weighted by Crippen LogP contribution is 2.15. The molecule has 2 heteroatoms. The lowest BCUT2D eigenvalue weighted by Crippen LogP contribution is -2.36. The summed E-state index contributed by atoms with van der Waals surface area (Å²) in [6.45, 7) is 6.61. The van der Waals surface area contributed by atoms with Gasteiger partial charge in [-0.1, -0.05) is 13.8 Å². The van der Waals surface area contributed by atoms with Gasteiger partial charge in [0.2, 0.25) is 0 Å². The summed E-state index contributed by atoms with van der Waals surface area (Å²) in [5, 5.41) is 0. The molecule has 0 aliphatic rings. The maximum atomic E-state index is 2.22. The van der Waals surface area contributed by atoms with E-state index in [1.54, 1.807) is 0 Å². The van der Waals surface area contributed by atoms with Gasteiger partial charge in [0, 0.05) is 5.56 Å². The average Bonchev–Trinajstić information content (AvgIpc) is 2.17. The van der Waals surface area contributed by atoms with Gasteiger partial charge >= 0.3 is 0 Å². The Morgan fingerprint density at radius 3 is 2.18 bits per heavy atom. The van der Waals surface area contributed by atoms with E-state index in [2.05, 4.69) is 50.4 Å². The quantitative estimate of drug-likeness (QED) is 0.537. The summed E-state index contributed by atoms with van der Waals surface area (Å²) in [5.41, 5.74) is 2.80. The average molecular weight is 153 g/mol. The van der Waals surface area contributed by atoms with Crippen molar-refractivity contribution in [3.8, 4) is 0 Å². The summed E-state index contributed by atoms with van der Waals surface area (Å²) >= 11 is 0. The van der Waals surface area contributed by atoms with Gasteiger partial charge in [-0.05, 0) is 12.8 Å². The summed E-state index contributed by atoms with van der Waals surface area (Å²) < 4.78 is 4.28. The first-order chi connectivity index (χ1) is 5.04. The van der Waals surface area contributed by atoms with Gasteiger partial charge in [-0.3, -0.25) is 0 Å². The van der Waals surface area contributed by atoms with Crippen LogP contribution in [0.15, 0.2) is 6.20 Å². The van der Waals surface area contributed by atoms with Gasteiger partial charge in [-0.15, -0.1) is 4.68 Å². The first-order valence-corrected chi connectivity index (χ1v) is 4.06. The third kappa shape index (κ3) is 1.30. The van der Waals surface area contributed by atoms with E-state index >= 15 is 0 Å². The molecular formula is C9H17N2+. The van der Waals surface area contributed by atoms with Gasteiger partial charge in [-0.25, -0.2) is 0 Å². The summed E-state index contributed by atoms with van der Waals surface area (Å²) in [4.78, 5) is 0. The summed E-state index contributed by atoms with van der Waals surface area (Å²) in [6, 6.07) is 0. The highest BCUT2D eigenvalue weighted by atomic mass is 15.4. The molecule has 0 bridgehead atoms. The first kappa shape index (κ1) is 8.31. The fraction of sp³-hybridized carbons (Fsp3) is 0.667. The molecule has 0 saturated carbocycles. The second-order valence-corrected chi connectivity index (χ2v) is 3.42. The zero-order chi connectivity index (χ0) is 8.59. The third-order valence-electron chi connectivity index (χ3n) is 2.32. The minimum absolute atomic E-state index is 0.627. The molecule has 0 aromatic carbocycles. The van der Waals surface area contributed by atoms with E-state index in [1.165, 1.54) is 11.3 Å². The van der Waals surface area contributed by atoms with Crippen molar-refractivity contribution < 1.29 is 4.68 Å². The Morgan fingerprint density at radius 1 is 1.45 bits per heavy atom. The standard InChI is InChI=1S/C9H17N2/c1-7(2)9-6-10(4)11(5)8(9)3/h6-7H,1-5H3/q+1. The van der Waals surface area contributed by atoms with E-state index in [9.17, 15) is 0 Å². The van der Waals surface area contributed by atoms with Gasteiger partial charge < -0.3 is 0 Å². The Labute approximate surface area is 68.4 Å². The van der Waals surface area contributed by atoms with E-state index in [4.69, 9.17) is 0 Å². The molecule has 0 aliphatic carbocycles. The van der Waals surface area contributed by atoms with Crippen LogP contribution >= 0.6 is 0 Å². The lowest BCUT2D eigenvalue weighted by molar-refractivity contribution is -0.751. The highest BCUT2D eigenvalue weighted by Gasteiger charge is 2.14. The molecule has 0 atom stereocenters. The minimum atomic E-state index is 0.627. The van der Waals surface area contributed by atoms with Crippen LogP contribution in [0.2, 0.25) is 0 Å². The number of aromatic nitrogens is 2. The van der Waals surface area contributed by atoms with Crippen LogP contribution in [0, 0.1) is 6.92 Å². The molecule has 1 aromatic heterocycles. The maximum absolute atomic E-state index is 2.22. The van der Waals surface area contributed by atoms with E-state index < -0.39 is 0 Å². The Bertz CT molecular complexity index is 259. The molecule has 0 unspecified atom stereocenters. The van der Waals surface area contributed by atoms with Gasteiger partial charge in [0.05, 0.1) is 12.7 Å². The largest absolute Gasteiger partial charge is 0.199 e. The van der Waals surface area contributed by atoms with Crippen LogP contribution in [-0.4, -0.2) is 4.68 Å². The van der Waals surface area contributed by atoms with E-state index in [-0.39, 0.29) is 0 Å². The Morgan fingerprint density at radius 2 is 2.00 bits per heavy atom. The molecule has 0 N–H and O–H groups in total. The molecule has 2 nitrogen and oxygen atoms in total.